The third-order valence-electron chi connectivity index (χ3n) is 3.40. The molecule has 1 rings (SSSR count). The van der Waals surface area contributed by atoms with Crippen LogP contribution in [-0.2, 0) is 0 Å². The summed E-state index contributed by atoms with van der Waals surface area (Å²) < 4.78 is 0. The van der Waals surface area contributed by atoms with E-state index in [1.807, 2.05) is 0 Å². The summed E-state index contributed by atoms with van der Waals surface area (Å²) in [5.74, 6) is 4.72. The molecule has 0 radical (unpaired) electrons. The maximum absolute atomic E-state index is 2.37. The molecule has 0 aliphatic heterocycles. The molecule has 2 atom stereocenters. The molecular weight excluding hydrogens is 180 g/mol. The molecule has 0 N–H and O–H groups in total. The molecule has 2 unspecified atom stereocenters. The van der Waals surface area contributed by atoms with Gasteiger partial charge in [-0.15, -0.1) is 0 Å². The smallest absolute Gasteiger partial charge is 0.0388 e. The SMILES string of the molecule is CC(C)C.CC(C)C1CCC(C(C)C)C1. The Labute approximate surface area is 97.8 Å². The minimum absolute atomic E-state index is 0.833. The summed E-state index contributed by atoms with van der Waals surface area (Å²) in [5.41, 5.74) is 0. The highest BCUT2D eigenvalue weighted by Crippen LogP contribution is 2.38. The van der Waals surface area contributed by atoms with E-state index in [0.717, 1.165) is 29.6 Å². The third kappa shape index (κ3) is 6.98. The van der Waals surface area contributed by atoms with Crippen LogP contribution in [0, 0.1) is 29.6 Å². The lowest BCUT2D eigenvalue weighted by atomic mass is 9.89. The van der Waals surface area contributed by atoms with Gasteiger partial charge in [-0.1, -0.05) is 48.5 Å². The van der Waals surface area contributed by atoms with E-state index >= 15 is 0 Å². The second kappa shape index (κ2) is 7.30. The molecule has 0 spiro atoms. The van der Waals surface area contributed by atoms with Crippen LogP contribution in [0.1, 0.15) is 67.7 Å². The van der Waals surface area contributed by atoms with Crippen molar-refractivity contribution in [3.05, 3.63) is 0 Å². The van der Waals surface area contributed by atoms with Crippen LogP contribution in [0.5, 0.6) is 0 Å². The molecule has 0 amide bonds. The summed E-state index contributed by atoms with van der Waals surface area (Å²) in [6, 6.07) is 0. The van der Waals surface area contributed by atoms with E-state index in [4.69, 9.17) is 0 Å². The Bertz CT molecular complexity index is 127. The standard InChI is InChI=1S/C11H22.C4H10/c1-8(2)10-5-6-11(7-10)9(3)4;1-4(2)3/h8-11H,5-7H2,1-4H3;4H,1-3H3. The van der Waals surface area contributed by atoms with E-state index in [-0.39, 0.29) is 0 Å². The van der Waals surface area contributed by atoms with Crippen LogP contribution in [0.3, 0.4) is 0 Å². The van der Waals surface area contributed by atoms with Crippen LogP contribution in [0.4, 0.5) is 0 Å². The average molecular weight is 212 g/mol. The quantitative estimate of drug-likeness (QED) is 0.576. The molecule has 0 aromatic rings. The molecule has 92 valence electrons. The second-order valence-corrected chi connectivity index (χ2v) is 6.55. The Morgan fingerprint density at radius 2 is 0.933 bits per heavy atom. The van der Waals surface area contributed by atoms with Crippen molar-refractivity contribution >= 4 is 0 Å². The molecule has 0 aromatic carbocycles. The minimum Gasteiger partial charge on any atom is -0.0630 e. The molecule has 0 heteroatoms. The Kier molecular flexibility index (Phi) is 7.30. The van der Waals surface area contributed by atoms with E-state index in [1.165, 1.54) is 19.3 Å². The summed E-state index contributed by atoms with van der Waals surface area (Å²) in [4.78, 5) is 0. The van der Waals surface area contributed by atoms with Gasteiger partial charge in [-0.25, -0.2) is 0 Å². The van der Waals surface area contributed by atoms with Crippen molar-refractivity contribution in [1.82, 2.24) is 0 Å². The van der Waals surface area contributed by atoms with Crippen LogP contribution in [0.15, 0.2) is 0 Å². The lowest BCUT2D eigenvalue weighted by Crippen LogP contribution is -2.07. The van der Waals surface area contributed by atoms with Crippen molar-refractivity contribution in [2.24, 2.45) is 29.6 Å². The lowest BCUT2D eigenvalue weighted by molar-refractivity contribution is 0.340. The minimum atomic E-state index is 0.833. The van der Waals surface area contributed by atoms with E-state index in [9.17, 15) is 0 Å². The van der Waals surface area contributed by atoms with Gasteiger partial charge in [-0.3, -0.25) is 0 Å². The van der Waals surface area contributed by atoms with E-state index in [0.29, 0.717) is 0 Å². The molecule has 0 aromatic heterocycles. The van der Waals surface area contributed by atoms with Gasteiger partial charge in [0.1, 0.15) is 0 Å². The van der Waals surface area contributed by atoms with Crippen LogP contribution in [0.25, 0.3) is 0 Å². The Morgan fingerprint density at radius 3 is 1.07 bits per heavy atom. The molecule has 0 heterocycles. The maximum atomic E-state index is 2.37. The van der Waals surface area contributed by atoms with E-state index in [2.05, 4.69) is 48.5 Å². The van der Waals surface area contributed by atoms with Crippen molar-refractivity contribution in [1.29, 1.82) is 0 Å². The number of hydrogen-bond acceptors (Lipinski definition) is 0. The van der Waals surface area contributed by atoms with E-state index < -0.39 is 0 Å². The Balaban J connectivity index is 0.000000423. The molecule has 1 aliphatic rings. The van der Waals surface area contributed by atoms with Gasteiger partial charge >= 0.3 is 0 Å². The highest BCUT2D eigenvalue weighted by atomic mass is 14.3. The highest BCUT2D eigenvalue weighted by molar-refractivity contribution is 4.78. The molecule has 15 heavy (non-hydrogen) atoms. The van der Waals surface area contributed by atoms with Crippen molar-refractivity contribution in [2.75, 3.05) is 0 Å². The van der Waals surface area contributed by atoms with Gasteiger partial charge in [0.15, 0.2) is 0 Å². The largest absolute Gasteiger partial charge is 0.0630 e. The van der Waals surface area contributed by atoms with E-state index in [1.54, 1.807) is 0 Å². The zero-order valence-electron chi connectivity index (χ0n) is 12.0. The lowest BCUT2D eigenvalue weighted by Gasteiger charge is -2.16. The summed E-state index contributed by atoms with van der Waals surface area (Å²) >= 11 is 0. The third-order valence-corrected chi connectivity index (χ3v) is 3.40. The zero-order chi connectivity index (χ0) is 12.0. The predicted octanol–water partition coefficient (Wildman–Crippen LogP) is 5.38. The first-order chi connectivity index (χ1) is 6.84. The first-order valence-electron chi connectivity index (χ1n) is 6.84. The maximum Gasteiger partial charge on any atom is -0.0388 e. The highest BCUT2D eigenvalue weighted by Gasteiger charge is 2.28. The van der Waals surface area contributed by atoms with Gasteiger partial charge in [0.2, 0.25) is 0 Å². The fourth-order valence-corrected chi connectivity index (χ4v) is 2.26. The van der Waals surface area contributed by atoms with Crippen LogP contribution in [0.2, 0.25) is 0 Å². The monoisotopic (exact) mass is 212 g/mol. The van der Waals surface area contributed by atoms with Crippen molar-refractivity contribution in [2.45, 2.75) is 67.7 Å². The molecular formula is C15H32. The van der Waals surface area contributed by atoms with Crippen molar-refractivity contribution in [3.8, 4) is 0 Å². The predicted molar refractivity (Wildman–Crippen MR) is 71.0 cm³/mol. The first kappa shape index (κ1) is 15.0. The van der Waals surface area contributed by atoms with Crippen molar-refractivity contribution in [3.63, 3.8) is 0 Å². The van der Waals surface area contributed by atoms with Gasteiger partial charge in [0.25, 0.3) is 0 Å². The van der Waals surface area contributed by atoms with Crippen LogP contribution >= 0.6 is 0 Å². The number of hydrogen-bond donors (Lipinski definition) is 0. The normalized spacial score (nSPS) is 26.0. The molecule has 1 aliphatic carbocycles. The topological polar surface area (TPSA) is 0 Å². The first-order valence-corrected chi connectivity index (χ1v) is 6.84. The molecule has 0 bridgehead atoms. The zero-order valence-corrected chi connectivity index (χ0v) is 12.0. The second-order valence-electron chi connectivity index (χ2n) is 6.55. The van der Waals surface area contributed by atoms with Gasteiger partial charge in [-0.2, -0.15) is 0 Å². The summed E-state index contributed by atoms with van der Waals surface area (Å²) in [5, 5.41) is 0. The molecule has 0 saturated heterocycles. The molecule has 0 nitrogen and oxygen atoms in total. The average Bonchev–Trinajstić information content (AvgIpc) is 2.49. The summed E-state index contributed by atoms with van der Waals surface area (Å²) in [6.07, 6.45) is 4.47. The van der Waals surface area contributed by atoms with Crippen LogP contribution in [-0.4, -0.2) is 0 Å². The van der Waals surface area contributed by atoms with Gasteiger partial charge < -0.3 is 0 Å². The summed E-state index contributed by atoms with van der Waals surface area (Å²) in [6.45, 7) is 16.0. The Morgan fingerprint density at radius 1 is 0.667 bits per heavy atom. The Hall–Kier alpha value is 0. The van der Waals surface area contributed by atoms with Crippen LogP contribution < -0.4 is 0 Å². The molecule has 1 fully saturated rings. The van der Waals surface area contributed by atoms with Crippen molar-refractivity contribution < 1.29 is 0 Å². The number of rotatable bonds is 2. The fourth-order valence-electron chi connectivity index (χ4n) is 2.26. The summed E-state index contributed by atoms with van der Waals surface area (Å²) in [7, 11) is 0. The van der Waals surface area contributed by atoms with Gasteiger partial charge in [0, 0.05) is 0 Å². The van der Waals surface area contributed by atoms with Gasteiger partial charge in [-0.05, 0) is 48.9 Å². The fraction of sp³-hybridized carbons (Fsp3) is 1.00. The van der Waals surface area contributed by atoms with Gasteiger partial charge in [0.05, 0.1) is 0 Å². The molecule has 1 saturated carbocycles.